The van der Waals surface area contributed by atoms with Crippen molar-refractivity contribution in [1.82, 2.24) is 0 Å². The van der Waals surface area contributed by atoms with Crippen LogP contribution in [0.2, 0.25) is 0 Å². The average Bonchev–Trinajstić information content (AvgIpc) is 2.12. The highest BCUT2D eigenvalue weighted by Gasteiger charge is 2.32. The van der Waals surface area contributed by atoms with Crippen molar-refractivity contribution < 1.29 is 8.92 Å². The first-order valence-corrected chi connectivity index (χ1v) is 10.4. The van der Waals surface area contributed by atoms with Gasteiger partial charge in [0.15, 0.2) is 0 Å². The Balaban J connectivity index is 4.37. The van der Waals surface area contributed by atoms with E-state index in [9.17, 15) is 0 Å². The summed E-state index contributed by atoms with van der Waals surface area (Å²) in [6, 6.07) is 0. The zero-order valence-corrected chi connectivity index (χ0v) is 15.8. The second-order valence-corrected chi connectivity index (χ2v) is 12.1. The van der Waals surface area contributed by atoms with Crippen LogP contribution in [0.15, 0.2) is 0 Å². The van der Waals surface area contributed by atoms with Gasteiger partial charge in [0.05, 0.1) is 11.7 Å². The van der Waals surface area contributed by atoms with Gasteiger partial charge in [-0.25, -0.2) is 0 Å². The van der Waals surface area contributed by atoms with E-state index in [0.717, 1.165) is 25.2 Å². The molecule has 0 aromatic carbocycles. The summed E-state index contributed by atoms with van der Waals surface area (Å²) in [6.07, 6.45) is 4.50. The zero-order chi connectivity index (χ0) is 15.3. The molecule has 0 aromatic heterocycles. The zero-order valence-electron chi connectivity index (χ0n) is 14.1. The normalized spacial score (nSPS) is 18.4. The van der Waals surface area contributed by atoms with Crippen molar-refractivity contribution in [3.63, 3.8) is 0 Å². The quantitative estimate of drug-likeness (QED) is 0.464. The maximum Gasteiger partial charge on any atom is 0.0766 e. The van der Waals surface area contributed by atoms with E-state index in [2.05, 4.69) is 66.4 Å². The second-order valence-electron chi connectivity index (χ2n) is 7.10. The minimum Gasteiger partial charge on any atom is -0.379 e. The predicted molar refractivity (Wildman–Crippen MR) is 92.3 cm³/mol. The van der Waals surface area contributed by atoms with Crippen molar-refractivity contribution in [3.05, 3.63) is 0 Å². The molecule has 0 aliphatic heterocycles. The van der Waals surface area contributed by atoms with Crippen LogP contribution in [0.3, 0.4) is 0 Å². The molecule has 118 valence electrons. The van der Waals surface area contributed by atoms with E-state index in [1.165, 1.54) is 0 Å². The third-order valence-corrected chi connectivity index (χ3v) is 5.95. The SMILES string of the molecule is CCS(C)(S)OC(C)(C)CC(C)(C)CCOC(C)C. The standard InChI is InChI=1S/C15H34O2S2/c1-9-19(8,18)17-15(6,7)12-14(4,5)10-11-16-13(2)3/h13,18H,9-12H2,1-8H3. The van der Waals surface area contributed by atoms with Crippen LogP contribution in [0.5, 0.6) is 0 Å². The van der Waals surface area contributed by atoms with Gasteiger partial charge in [0, 0.05) is 12.4 Å². The summed E-state index contributed by atoms with van der Waals surface area (Å²) >= 11 is 4.66. The van der Waals surface area contributed by atoms with Gasteiger partial charge in [-0.1, -0.05) is 30.1 Å². The van der Waals surface area contributed by atoms with Crippen LogP contribution < -0.4 is 0 Å². The van der Waals surface area contributed by atoms with E-state index < -0.39 is 9.34 Å². The third-order valence-electron chi connectivity index (χ3n) is 3.08. The molecule has 0 aliphatic rings. The molecule has 1 atom stereocenters. The highest BCUT2D eigenvalue weighted by molar-refractivity contribution is 8.85. The first kappa shape index (κ1) is 19.6. The first-order chi connectivity index (χ1) is 8.39. The lowest BCUT2D eigenvalue weighted by Gasteiger charge is -2.41. The fourth-order valence-corrected chi connectivity index (χ4v) is 4.14. The van der Waals surface area contributed by atoms with Crippen molar-refractivity contribution in [3.8, 4) is 0 Å². The van der Waals surface area contributed by atoms with Crippen LogP contribution in [0.1, 0.15) is 61.3 Å². The van der Waals surface area contributed by atoms with Crippen LogP contribution in [0.4, 0.5) is 0 Å². The molecule has 0 saturated heterocycles. The Morgan fingerprint density at radius 2 is 1.68 bits per heavy atom. The third kappa shape index (κ3) is 10.1. The predicted octanol–water partition coefficient (Wildman–Crippen LogP) is 5.23. The smallest absolute Gasteiger partial charge is 0.0766 e. The number of hydrogen-bond acceptors (Lipinski definition) is 3. The van der Waals surface area contributed by atoms with E-state index in [0.29, 0.717) is 6.10 Å². The van der Waals surface area contributed by atoms with Gasteiger partial charge in [-0.2, -0.15) is 0 Å². The molecule has 0 rings (SSSR count). The molecule has 0 fully saturated rings. The molecule has 0 spiro atoms. The highest BCUT2D eigenvalue weighted by Crippen LogP contribution is 2.54. The summed E-state index contributed by atoms with van der Waals surface area (Å²) in [4.78, 5) is 0. The molecule has 0 heterocycles. The monoisotopic (exact) mass is 310 g/mol. The van der Waals surface area contributed by atoms with Gasteiger partial charge in [-0.3, -0.25) is 0 Å². The Hall–Kier alpha value is 0.620. The van der Waals surface area contributed by atoms with E-state index >= 15 is 0 Å². The molecule has 0 amide bonds. The van der Waals surface area contributed by atoms with Gasteiger partial charge >= 0.3 is 0 Å². The van der Waals surface area contributed by atoms with Crippen LogP contribution in [-0.2, 0) is 8.92 Å². The molecule has 0 saturated carbocycles. The molecule has 4 heteroatoms. The number of hydrogen-bond donors (Lipinski definition) is 1. The van der Waals surface area contributed by atoms with Crippen molar-refractivity contribution in [2.24, 2.45) is 5.41 Å². The molecule has 19 heavy (non-hydrogen) atoms. The average molecular weight is 311 g/mol. The fourth-order valence-electron chi connectivity index (χ4n) is 2.39. The minimum atomic E-state index is -1.22. The lowest BCUT2D eigenvalue weighted by Crippen LogP contribution is -2.33. The number of ether oxygens (including phenoxy) is 1. The van der Waals surface area contributed by atoms with E-state index in [1.54, 1.807) is 0 Å². The van der Waals surface area contributed by atoms with Crippen molar-refractivity contribution >= 4 is 21.0 Å². The molecule has 0 aliphatic carbocycles. The summed E-state index contributed by atoms with van der Waals surface area (Å²) in [7, 11) is -1.22. The van der Waals surface area contributed by atoms with Gasteiger partial charge in [0.2, 0.25) is 0 Å². The maximum absolute atomic E-state index is 6.24. The molecule has 0 bridgehead atoms. The van der Waals surface area contributed by atoms with Gasteiger partial charge in [-0.05, 0) is 52.2 Å². The van der Waals surface area contributed by atoms with E-state index in [1.807, 2.05) is 0 Å². The van der Waals surface area contributed by atoms with Gasteiger partial charge < -0.3 is 8.92 Å². The van der Waals surface area contributed by atoms with E-state index in [4.69, 9.17) is 8.92 Å². The lowest BCUT2D eigenvalue weighted by molar-refractivity contribution is 0.0288. The Labute approximate surface area is 127 Å². The number of rotatable bonds is 9. The largest absolute Gasteiger partial charge is 0.379 e. The number of thiol groups is 1. The Bertz CT molecular complexity index is 261. The Kier molecular flexibility index (Phi) is 7.83. The topological polar surface area (TPSA) is 18.5 Å². The van der Waals surface area contributed by atoms with Crippen LogP contribution in [0, 0.1) is 5.41 Å². The van der Waals surface area contributed by atoms with Gasteiger partial charge in [0.1, 0.15) is 0 Å². The summed E-state index contributed by atoms with van der Waals surface area (Å²) in [5.41, 5.74) is 0.0819. The summed E-state index contributed by atoms with van der Waals surface area (Å²) in [5.74, 6) is 0.983. The first-order valence-electron chi connectivity index (χ1n) is 7.20. The summed E-state index contributed by atoms with van der Waals surface area (Å²) < 4.78 is 11.9. The van der Waals surface area contributed by atoms with Crippen molar-refractivity contribution in [1.29, 1.82) is 0 Å². The Morgan fingerprint density at radius 1 is 1.16 bits per heavy atom. The lowest BCUT2D eigenvalue weighted by atomic mass is 9.79. The highest BCUT2D eigenvalue weighted by atomic mass is 33.1. The molecule has 0 aromatic rings. The summed E-state index contributed by atoms with van der Waals surface area (Å²) in [5, 5.41) is 0. The molecule has 2 nitrogen and oxygen atoms in total. The molecular weight excluding hydrogens is 276 g/mol. The van der Waals surface area contributed by atoms with Crippen LogP contribution >= 0.6 is 21.0 Å². The molecule has 0 N–H and O–H groups in total. The molecule has 0 radical (unpaired) electrons. The molecular formula is C15H34O2S2. The summed E-state index contributed by atoms with van der Waals surface area (Å²) in [6.45, 7) is 16.1. The van der Waals surface area contributed by atoms with Gasteiger partial charge in [-0.15, -0.1) is 11.7 Å². The second kappa shape index (κ2) is 7.58. The van der Waals surface area contributed by atoms with Gasteiger partial charge in [0.25, 0.3) is 0 Å². The molecule has 1 unspecified atom stereocenters. The van der Waals surface area contributed by atoms with Crippen molar-refractivity contribution in [2.45, 2.75) is 73.0 Å². The minimum absolute atomic E-state index is 0.136. The van der Waals surface area contributed by atoms with E-state index in [-0.39, 0.29) is 11.0 Å². The maximum atomic E-state index is 6.24. The van der Waals surface area contributed by atoms with Crippen LogP contribution in [-0.4, -0.2) is 30.3 Å². The van der Waals surface area contributed by atoms with Crippen molar-refractivity contribution in [2.75, 3.05) is 18.6 Å². The Morgan fingerprint density at radius 3 is 2.11 bits per heavy atom. The fraction of sp³-hybridized carbons (Fsp3) is 1.00. The van der Waals surface area contributed by atoms with Crippen LogP contribution in [0.25, 0.3) is 0 Å².